The Balaban J connectivity index is 1.62. The van der Waals surface area contributed by atoms with Crippen LogP contribution in [0.2, 0.25) is 0 Å². The van der Waals surface area contributed by atoms with Crippen LogP contribution in [0.4, 0.5) is 0 Å². The molecule has 132 valence electrons. The second-order valence-electron chi connectivity index (χ2n) is 6.08. The number of aromatic nitrogens is 3. The molecule has 6 nitrogen and oxygen atoms in total. The molecule has 0 saturated carbocycles. The third-order valence-corrected chi connectivity index (χ3v) is 3.97. The number of carbonyl (C=O) groups excluding carboxylic acids is 1. The van der Waals surface area contributed by atoms with Gasteiger partial charge >= 0.3 is 0 Å². The highest BCUT2D eigenvalue weighted by atomic mass is 16.5. The monoisotopic (exact) mass is 340 g/mol. The Morgan fingerprint density at radius 1 is 1.08 bits per heavy atom. The predicted molar refractivity (Wildman–Crippen MR) is 95.0 cm³/mol. The minimum atomic E-state index is 0.284. The van der Waals surface area contributed by atoms with Crippen molar-refractivity contribution in [3.05, 3.63) is 30.0 Å². The molecule has 0 spiro atoms. The molecule has 0 aliphatic rings. The van der Waals surface area contributed by atoms with Crippen LogP contribution in [0.3, 0.4) is 0 Å². The van der Waals surface area contributed by atoms with E-state index in [1.807, 2.05) is 30.3 Å². The second kappa shape index (κ2) is 10.2. The van der Waals surface area contributed by atoms with Crippen molar-refractivity contribution in [1.29, 1.82) is 5.26 Å². The zero-order valence-corrected chi connectivity index (χ0v) is 14.6. The average molecular weight is 340 g/mol. The Labute approximate surface area is 148 Å². The maximum atomic E-state index is 10.8. The van der Waals surface area contributed by atoms with Crippen LogP contribution in [0.5, 0.6) is 5.75 Å². The van der Waals surface area contributed by atoms with E-state index < -0.39 is 0 Å². The second-order valence-corrected chi connectivity index (χ2v) is 6.08. The number of H-pyrrole nitrogens is 1. The molecule has 0 amide bonds. The first-order valence-electron chi connectivity index (χ1n) is 8.74. The number of nitrogens with one attached hydrogen (secondary N) is 1. The summed E-state index contributed by atoms with van der Waals surface area (Å²) in [7, 11) is 0. The van der Waals surface area contributed by atoms with Crippen molar-refractivity contribution < 1.29 is 9.53 Å². The van der Waals surface area contributed by atoms with E-state index in [-0.39, 0.29) is 11.5 Å². The van der Waals surface area contributed by atoms with Crippen molar-refractivity contribution >= 4 is 5.78 Å². The summed E-state index contributed by atoms with van der Waals surface area (Å²) in [4.78, 5) is 10.8. The van der Waals surface area contributed by atoms with Crippen LogP contribution in [0, 0.1) is 11.3 Å². The molecule has 1 aromatic carbocycles. The molecule has 1 heterocycles. The highest BCUT2D eigenvalue weighted by Gasteiger charge is 2.09. The summed E-state index contributed by atoms with van der Waals surface area (Å²) in [5, 5.41) is 19.2. The standard InChI is InChI=1S/C19H24N4O2/c1-15(24)8-6-4-2-3-5-7-13-25-17-11-9-16(10-12-17)19-18(14-20)21-23-22-19/h9-12H,2-8,13H2,1H3,(H,21,22,23). The lowest BCUT2D eigenvalue weighted by atomic mass is 10.1. The molecule has 2 aromatic rings. The molecule has 0 aliphatic heterocycles. The van der Waals surface area contributed by atoms with Crippen molar-refractivity contribution in [2.75, 3.05) is 6.61 Å². The molecular formula is C19H24N4O2. The summed E-state index contributed by atoms with van der Waals surface area (Å²) in [6.07, 6.45) is 7.39. The third-order valence-electron chi connectivity index (χ3n) is 3.97. The van der Waals surface area contributed by atoms with Crippen molar-refractivity contribution in [3.63, 3.8) is 0 Å². The third kappa shape index (κ3) is 6.38. The average Bonchev–Trinajstić information content (AvgIpc) is 3.09. The summed E-state index contributed by atoms with van der Waals surface area (Å²) in [5.41, 5.74) is 1.68. The molecule has 0 fully saturated rings. The van der Waals surface area contributed by atoms with E-state index >= 15 is 0 Å². The molecule has 0 atom stereocenters. The highest BCUT2D eigenvalue weighted by molar-refractivity contribution is 5.75. The van der Waals surface area contributed by atoms with Gasteiger partial charge in [-0.05, 0) is 44.0 Å². The number of ether oxygens (including phenoxy) is 1. The smallest absolute Gasteiger partial charge is 0.190 e. The summed E-state index contributed by atoms with van der Waals surface area (Å²) in [6.45, 7) is 2.35. The van der Waals surface area contributed by atoms with Gasteiger partial charge in [0.1, 0.15) is 23.3 Å². The van der Waals surface area contributed by atoms with Crippen LogP contribution < -0.4 is 4.74 Å². The number of hydrogen-bond donors (Lipinski definition) is 1. The Hall–Kier alpha value is -2.68. The Morgan fingerprint density at radius 2 is 1.76 bits per heavy atom. The first-order valence-corrected chi connectivity index (χ1v) is 8.74. The van der Waals surface area contributed by atoms with Crippen LogP contribution in [0.15, 0.2) is 24.3 Å². The van der Waals surface area contributed by atoms with E-state index in [9.17, 15) is 4.79 Å². The van der Waals surface area contributed by atoms with E-state index in [0.29, 0.717) is 18.7 Å². The fourth-order valence-electron chi connectivity index (χ4n) is 2.59. The fraction of sp³-hybridized carbons (Fsp3) is 0.474. The Bertz CT molecular complexity index is 701. The molecule has 2 rings (SSSR count). The lowest BCUT2D eigenvalue weighted by Gasteiger charge is -2.07. The van der Waals surface area contributed by atoms with Crippen molar-refractivity contribution in [2.45, 2.75) is 51.9 Å². The highest BCUT2D eigenvalue weighted by Crippen LogP contribution is 2.22. The van der Waals surface area contributed by atoms with Gasteiger partial charge in [-0.15, -0.1) is 5.10 Å². The van der Waals surface area contributed by atoms with Gasteiger partial charge < -0.3 is 9.53 Å². The number of aromatic amines is 1. The van der Waals surface area contributed by atoms with Crippen LogP contribution >= 0.6 is 0 Å². The van der Waals surface area contributed by atoms with Crippen molar-refractivity contribution in [2.24, 2.45) is 0 Å². The quantitative estimate of drug-likeness (QED) is 0.623. The SMILES string of the molecule is CC(=O)CCCCCCCCOc1ccc(-c2n[nH]nc2C#N)cc1. The van der Waals surface area contributed by atoms with Gasteiger partial charge in [0.25, 0.3) is 0 Å². The topological polar surface area (TPSA) is 91.7 Å². The Morgan fingerprint density at radius 3 is 2.44 bits per heavy atom. The van der Waals surface area contributed by atoms with Crippen molar-refractivity contribution in [1.82, 2.24) is 15.4 Å². The molecule has 6 heteroatoms. The number of rotatable bonds is 11. The molecule has 0 aliphatic carbocycles. The number of benzene rings is 1. The van der Waals surface area contributed by atoms with Gasteiger partial charge in [0.15, 0.2) is 5.69 Å². The van der Waals surface area contributed by atoms with Crippen molar-refractivity contribution in [3.8, 4) is 23.1 Å². The summed E-state index contributed by atoms with van der Waals surface area (Å²) in [5.74, 6) is 1.10. The normalized spacial score (nSPS) is 10.4. The molecule has 0 saturated heterocycles. The number of unbranched alkanes of at least 4 members (excludes halogenated alkanes) is 5. The number of Topliss-reactive ketones (excluding diaryl/α,β-unsaturated/α-hetero) is 1. The number of nitriles is 1. The number of nitrogens with zero attached hydrogens (tertiary/aromatic N) is 3. The van der Waals surface area contributed by atoms with E-state index in [4.69, 9.17) is 10.00 Å². The first-order chi connectivity index (χ1) is 12.2. The van der Waals surface area contributed by atoms with E-state index in [1.54, 1.807) is 6.92 Å². The molecule has 0 radical (unpaired) electrons. The number of hydrogen-bond acceptors (Lipinski definition) is 5. The number of ketones is 1. The lowest BCUT2D eigenvalue weighted by Crippen LogP contribution is -1.97. The summed E-state index contributed by atoms with van der Waals surface area (Å²) in [6, 6.07) is 9.53. The zero-order chi connectivity index (χ0) is 17.9. The fourth-order valence-corrected chi connectivity index (χ4v) is 2.59. The number of carbonyl (C=O) groups is 1. The lowest BCUT2D eigenvalue weighted by molar-refractivity contribution is -0.117. The Kier molecular flexibility index (Phi) is 7.64. The molecule has 1 N–H and O–H groups in total. The van der Waals surface area contributed by atoms with E-state index in [2.05, 4.69) is 15.4 Å². The van der Waals surface area contributed by atoms with Crippen LogP contribution in [0.1, 0.15) is 57.6 Å². The predicted octanol–water partition coefficient (Wildman–Crippen LogP) is 4.04. The van der Waals surface area contributed by atoms with Gasteiger partial charge in [-0.2, -0.15) is 15.6 Å². The maximum absolute atomic E-state index is 10.8. The minimum Gasteiger partial charge on any atom is -0.494 e. The van der Waals surface area contributed by atoms with Gasteiger partial charge in [0.05, 0.1) is 6.61 Å². The van der Waals surface area contributed by atoms with Gasteiger partial charge in [-0.25, -0.2) is 0 Å². The van der Waals surface area contributed by atoms with Gasteiger partial charge in [0, 0.05) is 12.0 Å². The van der Waals surface area contributed by atoms with Gasteiger partial charge in [0.2, 0.25) is 0 Å². The summed E-state index contributed by atoms with van der Waals surface area (Å²) < 4.78 is 5.74. The van der Waals surface area contributed by atoms with Crippen LogP contribution in [-0.4, -0.2) is 27.8 Å². The van der Waals surface area contributed by atoms with Crippen LogP contribution in [0.25, 0.3) is 11.3 Å². The van der Waals surface area contributed by atoms with Crippen LogP contribution in [-0.2, 0) is 4.79 Å². The van der Waals surface area contributed by atoms with E-state index in [1.165, 1.54) is 12.8 Å². The summed E-state index contributed by atoms with van der Waals surface area (Å²) >= 11 is 0. The maximum Gasteiger partial charge on any atom is 0.190 e. The molecule has 1 aromatic heterocycles. The zero-order valence-electron chi connectivity index (χ0n) is 14.6. The molecular weight excluding hydrogens is 316 g/mol. The molecule has 25 heavy (non-hydrogen) atoms. The minimum absolute atomic E-state index is 0.284. The van der Waals surface area contributed by atoms with Gasteiger partial charge in [-0.1, -0.05) is 25.7 Å². The molecule has 0 bridgehead atoms. The van der Waals surface area contributed by atoms with Gasteiger partial charge in [-0.3, -0.25) is 0 Å². The first kappa shape index (κ1) is 18.7. The largest absolute Gasteiger partial charge is 0.494 e. The van der Waals surface area contributed by atoms with E-state index in [0.717, 1.165) is 37.0 Å². The molecule has 0 unspecified atom stereocenters.